The molecule has 0 amide bonds. The highest BCUT2D eigenvalue weighted by molar-refractivity contribution is 7.92. The highest BCUT2D eigenvalue weighted by atomic mass is 35.5. The van der Waals surface area contributed by atoms with Crippen LogP contribution < -0.4 is 4.72 Å². The van der Waals surface area contributed by atoms with Crippen molar-refractivity contribution in [2.45, 2.75) is 11.8 Å². The van der Waals surface area contributed by atoms with E-state index in [2.05, 4.69) is 9.71 Å². The molecule has 0 aliphatic carbocycles. The van der Waals surface area contributed by atoms with Gasteiger partial charge in [-0.05, 0) is 55.0 Å². The molecule has 0 radical (unpaired) electrons. The highest BCUT2D eigenvalue weighted by Crippen LogP contribution is 2.36. The summed E-state index contributed by atoms with van der Waals surface area (Å²) in [5, 5.41) is 1.04. The van der Waals surface area contributed by atoms with Gasteiger partial charge in [-0.25, -0.2) is 18.0 Å². The summed E-state index contributed by atoms with van der Waals surface area (Å²) in [5.74, 6) is -1.38. The van der Waals surface area contributed by atoms with Gasteiger partial charge in [-0.3, -0.25) is 4.72 Å². The lowest BCUT2D eigenvalue weighted by molar-refractivity contribution is -0.133. The number of rotatable bonds is 8. The van der Waals surface area contributed by atoms with Crippen molar-refractivity contribution in [3.63, 3.8) is 0 Å². The minimum Gasteiger partial charge on any atom is -0.465 e. The van der Waals surface area contributed by atoms with E-state index < -0.39 is 22.0 Å². The minimum absolute atomic E-state index is 0.0470. The molecular weight excluding hydrogens is 551 g/mol. The lowest BCUT2D eigenvalue weighted by atomic mass is 10.0. The van der Waals surface area contributed by atoms with Crippen LogP contribution >= 0.6 is 23.2 Å². The van der Waals surface area contributed by atoms with Crippen molar-refractivity contribution in [1.82, 2.24) is 4.98 Å². The van der Waals surface area contributed by atoms with Gasteiger partial charge in [0.1, 0.15) is 5.69 Å². The Morgan fingerprint density at radius 3 is 2.45 bits per heavy atom. The van der Waals surface area contributed by atoms with Crippen LogP contribution in [-0.2, 0) is 24.3 Å². The number of carbonyl (C=O) groups excluding carboxylic acids is 2. The van der Waals surface area contributed by atoms with Crippen LogP contribution in [0.25, 0.3) is 22.6 Å². The van der Waals surface area contributed by atoms with E-state index in [-0.39, 0.29) is 39.0 Å². The number of aromatic amines is 1. The second kappa shape index (κ2) is 11.3. The number of hydrogen-bond acceptors (Lipinski definition) is 6. The molecule has 0 bridgehead atoms. The molecule has 0 aliphatic heterocycles. The van der Waals surface area contributed by atoms with Crippen molar-refractivity contribution in [3.8, 4) is 0 Å². The summed E-state index contributed by atoms with van der Waals surface area (Å²) in [5.41, 5.74) is 1.41. The molecule has 4 aromatic rings. The third-order valence-corrected chi connectivity index (χ3v) is 7.42. The average Bonchev–Trinajstić information content (AvgIpc) is 3.25. The van der Waals surface area contributed by atoms with Crippen molar-refractivity contribution in [2.75, 3.05) is 18.4 Å². The van der Waals surface area contributed by atoms with Crippen molar-refractivity contribution < 1.29 is 27.5 Å². The number of methoxy groups -OCH3 is 1. The van der Waals surface area contributed by atoms with Crippen LogP contribution in [0.1, 0.15) is 28.5 Å². The Hall–Kier alpha value is -3.79. The Kier molecular flexibility index (Phi) is 8.11. The van der Waals surface area contributed by atoms with Crippen LogP contribution in [0.2, 0.25) is 10.0 Å². The van der Waals surface area contributed by atoms with Crippen molar-refractivity contribution >= 4 is 73.4 Å². The number of anilines is 1. The predicted octanol–water partition coefficient (Wildman–Crippen LogP) is 6.17. The monoisotopic (exact) mass is 572 g/mol. The fraction of sp³-hybridized carbons (Fsp3) is 0.111. The molecule has 0 aliphatic rings. The highest BCUT2D eigenvalue weighted by Gasteiger charge is 2.23. The number of nitrogens with one attached hydrogen (secondary N) is 2. The zero-order valence-corrected chi connectivity index (χ0v) is 22.6. The average molecular weight is 573 g/mol. The number of sulfonamides is 1. The topological polar surface area (TPSA) is 115 Å². The third kappa shape index (κ3) is 5.70. The first kappa shape index (κ1) is 27.3. The molecule has 38 heavy (non-hydrogen) atoms. The molecule has 0 unspecified atom stereocenters. The van der Waals surface area contributed by atoms with Gasteiger partial charge >= 0.3 is 11.9 Å². The van der Waals surface area contributed by atoms with Crippen LogP contribution in [0.5, 0.6) is 0 Å². The Balaban J connectivity index is 1.87. The van der Waals surface area contributed by atoms with E-state index in [0.29, 0.717) is 21.5 Å². The SMILES string of the molecule is CCOC(=O)c1[nH]c2cc(Cl)cc(Cl)c2c1/C=C(/C(=O)OC)c1cccc(NS(=O)(=O)c2ccccc2)c1. The summed E-state index contributed by atoms with van der Waals surface area (Å²) >= 11 is 12.6. The molecule has 196 valence electrons. The van der Waals surface area contributed by atoms with Gasteiger partial charge in [0.05, 0.1) is 29.2 Å². The molecule has 2 N–H and O–H groups in total. The number of halogens is 2. The van der Waals surface area contributed by atoms with Gasteiger partial charge in [0.25, 0.3) is 10.0 Å². The van der Waals surface area contributed by atoms with Gasteiger partial charge in [0.2, 0.25) is 0 Å². The first-order valence-corrected chi connectivity index (χ1v) is 13.5. The number of hydrogen-bond donors (Lipinski definition) is 2. The van der Waals surface area contributed by atoms with E-state index in [0.717, 1.165) is 0 Å². The first-order valence-electron chi connectivity index (χ1n) is 11.3. The van der Waals surface area contributed by atoms with Gasteiger partial charge in [0.15, 0.2) is 0 Å². The van der Waals surface area contributed by atoms with Crippen LogP contribution in [-0.4, -0.2) is 39.1 Å². The Bertz CT molecular complexity index is 1660. The Labute approximate surface area is 229 Å². The van der Waals surface area contributed by atoms with E-state index in [1.54, 1.807) is 49.4 Å². The summed E-state index contributed by atoms with van der Waals surface area (Å²) < 4.78 is 38.4. The van der Waals surface area contributed by atoms with E-state index in [4.69, 9.17) is 32.7 Å². The molecule has 4 rings (SSSR count). The largest absolute Gasteiger partial charge is 0.465 e. The molecule has 0 fully saturated rings. The molecular formula is C27H22Cl2N2O6S. The van der Waals surface area contributed by atoms with Gasteiger partial charge in [-0.15, -0.1) is 0 Å². The summed E-state index contributed by atoms with van der Waals surface area (Å²) in [7, 11) is -2.66. The molecule has 0 saturated heterocycles. The molecule has 0 spiro atoms. The number of carbonyl (C=O) groups is 2. The second-order valence-corrected chi connectivity index (χ2v) is 10.5. The normalized spacial score (nSPS) is 11.8. The van der Waals surface area contributed by atoms with Gasteiger partial charge in [0, 0.05) is 27.2 Å². The number of esters is 2. The molecule has 3 aromatic carbocycles. The summed E-state index contributed by atoms with van der Waals surface area (Å²) in [6.07, 6.45) is 1.45. The first-order chi connectivity index (χ1) is 18.1. The summed E-state index contributed by atoms with van der Waals surface area (Å²) in [6.45, 7) is 1.79. The summed E-state index contributed by atoms with van der Waals surface area (Å²) in [6, 6.07) is 17.2. The minimum atomic E-state index is -3.88. The number of H-pyrrole nitrogens is 1. The molecule has 1 aromatic heterocycles. The molecule has 0 saturated carbocycles. The van der Waals surface area contributed by atoms with Gasteiger partial charge in [-0.1, -0.05) is 53.5 Å². The fourth-order valence-electron chi connectivity index (χ4n) is 3.86. The lowest BCUT2D eigenvalue weighted by Crippen LogP contribution is -2.13. The van der Waals surface area contributed by atoms with E-state index >= 15 is 0 Å². The van der Waals surface area contributed by atoms with Crippen LogP contribution in [0.3, 0.4) is 0 Å². The maximum absolute atomic E-state index is 12.9. The fourth-order valence-corrected chi connectivity index (χ4v) is 5.53. The third-order valence-electron chi connectivity index (χ3n) is 5.51. The smallest absolute Gasteiger partial charge is 0.355 e. The molecule has 1 heterocycles. The quantitative estimate of drug-likeness (QED) is 0.193. The maximum Gasteiger partial charge on any atom is 0.355 e. The Morgan fingerprint density at radius 1 is 1.03 bits per heavy atom. The molecule has 0 atom stereocenters. The number of ether oxygens (including phenoxy) is 2. The van der Waals surface area contributed by atoms with Crippen molar-refractivity contribution in [3.05, 3.63) is 93.6 Å². The van der Waals surface area contributed by atoms with E-state index in [9.17, 15) is 18.0 Å². The summed E-state index contributed by atoms with van der Waals surface area (Å²) in [4.78, 5) is 28.8. The molecule has 11 heteroatoms. The van der Waals surface area contributed by atoms with Crippen LogP contribution in [0.15, 0.2) is 71.6 Å². The lowest BCUT2D eigenvalue weighted by Gasteiger charge is -2.11. The van der Waals surface area contributed by atoms with Gasteiger partial charge in [-0.2, -0.15) is 0 Å². The number of fused-ring (bicyclic) bond motifs is 1. The Morgan fingerprint density at radius 2 is 1.76 bits per heavy atom. The van der Waals surface area contributed by atoms with Crippen LogP contribution in [0, 0.1) is 0 Å². The number of aromatic nitrogens is 1. The number of benzene rings is 3. The molecule has 8 nitrogen and oxygen atoms in total. The predicted molar refractivity (Wildman–Crippen MR) is 148 cm³/mol. The van der Waals surface area contributed by atoms with E-state index in [1.165, 1.54) is 37.5 Å². The zero-order chi connectivity index (χ0) is 27.4. The second-order valence-electron chi connectivity index (χ2n) is 7.99. The zero-order valence-electron chi connectivity index (χ0n) is 20.2. The van der Waals surface area contributed by atoms with E-state index in [1.807, 2.05) is 0 Å². The van der Waals surface area contributed by atoms with Crippen molar-refractivity contribution in [1.29, 1.82) is 0 Å². The maximum atomic E-state index is 12.9. The standard InChI is InChI=1S/C27H22Cl2N2O6S/c1-3-37-27(33)25-21(24-22(29)13-17(28)14-23(24)30-25)15-20(26(32)36-2)16-8-7-9-18(12-16)31-38(34,35)19-10-5-4-6-11-19/h4-15,30-31H,3H2,1-2H3/b20-15+. The van der Waals surface area contributed by atoms with Crippen LogP contribution in [0.4, 0.5) is 5.69 Å². The van der Waals surface area contributed by atoms with Crippen molar-refractivity contribution in [2.24, 2.45) is 0 Å². The van der Waals surface area contributed by atoms with Gasteiger partial charge < -0.3 is 14.5 Å².